The van der Waals surface area contributed by atoms with E-state index < -0.39 is 0 Å². The second kappa shape index (κ2) is 8.24. The number of ether oxygens (including phenoxy) is 2. The van der Waals surface area contributed by atoms with E-state index in [9.17, 15) is 4.79 Å². The quantitative estimate of drug-likeness (QED) is 0.663. The lowest BCUT2D eigenvalue weighted by atomic mass is 10.2. The summed E-state index contributed by atoms with van der Waals surface area (Å²) < 4.78 is 21.5. The summed E-state index contributed by atoms with van der Waals surface area (Å²) in [5.41, 5.74) is 1.08. The summed E-state index contributed by atoms with van der Waals surface area (Å²) in [6.45, 7) is 5.02. The molecule has 0 atom stereocenters. The van der Waals surface area contributed by atoms with Gasteiger partial charge in [0, 0.05) is 11.6 Å². The molecule has 0 saturated heterocycles. The minimum absolute atomic E-state index is 0.236. The predicted octanol–water partition coefficient (Wildman–Crippen LogP) is 3.66. The standard InChI is InChI=1S/C19H20N2O5/c1-3-23-16-8-7-13(10-17(16)24-4-2)19(22)20-12-14-11-18(26-21-14)15-6-5-9-25-15/h5-11H,3-4,12H2,1-2H3,(H,20,22). The maximum absolute atomic E-state index is 12.4. The van der Waals surface area contributed by atoms with E-state index in [1.165, 1.54) is 0 Å². The normalized spacial score (nSPS) is 10.5. The van der Waals surface area contributed by atoms with Crippen molar-refractivity contribution < 1.29 is 23.2 Å². The number of rotatable bonds is 8. The third kappa shape index (κ3) is 4.05. The fourth-order valence-electron chi connectivity index (χ4n) is 2.40. The Morgan fingerprint density at radius 3 is 2.62 bits per heavy atom. The molecule has 7 nitrogen and oxygen atoms in total. The van der Waals surface area contributed by atoms with Gasteiger partial charge in [-0.05, 0) is 44.2 Å². The van der Waals surface area contributed by atoms with E-state index in [1.807, 2.05) is 13.8 Å². The molecule has 0 unspecified atom stereocenters. The Hall–Kier alpha value is -3.22. The zero-order chi connectivity index (χ0) is 18.4. The van der Waals surface area contributed by atoms with Crippen LogP contribution in [0.3, 0.4) is 0 Å². The maximum Gasteiger partial charge on any atom is 0.251 e. The average Bonchev–Trinajstić information content (AvgIpc) is 3.33. The van der Waals surface area contributed by atoms with Crippen LogP contribution in [0.5, 0.6) is 11.5 Å². The molecule has 0 spiro atoms. The van der Waals surface area contributed by atoms with Crippen molar-refractivity contribution in [2.75, 3.05) is 13.2 Å². The molecule has 0 saturated carbocycles. The largest absolute Gasteiger partial charge is 0.490 e. The number of carbonyl (C=O) groups is 1. The summed E-state index contributed by atoms with van der Waals surface area (Å²) in [6, 6.07) is 10.4. The molecule has 0 aliphatic heterocycles. The van der Waals surface area contributed by atoms with Crippen LogP contribution in [0.15, 0.2) is 51.6 Å². The van der Waals surface area contributed by atoms with Gasteiger partial charge >= 0.3 is 0 Å². The van der Waals surface area contributed by atoms with Crippen molar-refractivity contribution in [2.45, 2.75) is 20.4 Å². The number of hydrogen-bond donors (Lipinski definition) is 1. The van der Waals surface area contributed by atoms with Gasteiger partial charge in [-0.2, -0.15) is 0 Å². The molecular weight excluding hydrogens is 336 g/mol. The highest BCUT2D eigenvalue weighted by atomic mass is 16.5. The smallest absolute Gasteiger partial charge is 0.251 e. The summed E-state index contributed by atoms with van der Waals surface area (Å²) in [5, 5.41) is 6.74. The number of aromatic nitrogens is 1. The van der Waals surface area contributed by atoms with Gasteiger partial charge in [0.05, 0.1) is 26.0 Å². The molecule has 1 N–H and O–H groups in total. The topological polar surface area (TPSA) is 86.7 Å². The molecule has 0 aliphatic rings. The number of nitrogens with zero attached hydrogens (tertiary/aromatic N) is 1. The molecule has 3 aromatic rings. The predicted molar refractivity (Wildman–Crippen MR) is 94.2 cm³/mol. The van der Waals surface area contributed by atoms with E-state index in [-0.39, 0.29) is 12.5 Å². The average molecular weight is 356 g/mol. The number of furan rings is 1. The lowest BCUT2D eigenvalue weighted by Gasteiger charge is -2.12. The van der Waals surface area contributed by atoms with Crippen molar-refractivity contribution in [2.24, 2.45) is 0 Å². The first kappa shape index (κ1) is 17.6. The van der Waals surface area contributed by atoms with Crippen molar-refractivity contribution in [1.82, 2.24) is 10.5 Å². The summed E-state index contributed by atoms with van der Waals surface area (Å²) in [4.78, 5) is 12.4. The van der Waals surface area contributed by atoms with Gasteiger partial charge in [-0.15, -0.1) is 0 Å². The summed E-state index contributed by atoms with van der Waals surface area (Å²) in [5.74, 6) is 2.02. The van der Waals surface area contributed by atoms with Gasteiger partial charge < -0.3 is 23.7 Å². The third-order valence-electron chi connectivity index (χ3n) is 3.56. The van der Waals surface area contributed by atoms with Crippen molar-refractivity contribution in [1.29, 1.82) is 0 Å². The van der Waals surface area contributed by atoms with Crippen molar-refractivity contribution in [3.8, 4) is 23.0 Å². The highest BCUT2D eigenvalue weighted by Gasteiger charge is 2.13. The van der Waals surface area contributed by atoms with Crippen molar-refractivity contribution in [3.63, 3.8) is 0 Å². The third-order valence-corrected chi connectivity index (χ3v) is 3.56. The monoisotopic (exact) mass is 356 g/mol. The highest BCUT2D eigenvalue weighted by molar-refractivity contribution is 5.94. The van der Waals surface area contributed by atoms with Gasteiger partial charge in [0.25, 0.3) is 5.91 Å². The van der Waals surface area contributed by atoms with Crippen molar-refractivity contribution in [3.05, 3.63) is 53.9 Å². The molecule has 0 radical (unpaired) electrons. The van der Waals surface area contributed by atoms with E-state index in [0.29, 0.717) is 47.5 Å². The Bertz CT molecular complexity index is 855. The molecule has 1 amide bonds. The van der Waals surface area contributed by atoms with Crippen molar-refractivity contribution >= 4 is 5.91 Å². The fraction of sp³-hybridized carbons (Fsp3) is 0.263. The highest BCUT2D eigenvalue weighted by Crippen LogP contribution is 2.28. The Morgan fingerprint density at radius 2 is 1.88 bits per heavy atom. The van der Waals surface area contributed by atoms with E-state index in [2.05, 4.69) is 10.5 Å². The first-order chi connectivity index (χ1) is 12.7. The Balaban J connectivity index is 1.65. The molecule has 0 bridgehead atoms. The SMILES string of the molecule is CCOc1ccc(C(=O)NCc2cc(-c3ccco3)on2)cc1OCC. The summed E-state index contributed by atoms with van der Waals surface area (Å²) in [6.07, 6.45) is 1.56. The summed E-state index contributed by atoms with van der Waals surface area (Å²) >= 11 is 0. The van der Waals surface area contributed by atoms with Crippen LogP contribution in [0.1, 0.15) is 29.9 Å². The van der Waals surface area contributed by atoms with Crippen LogP contribution in [0.4, 0.5) is 0 Å². The number of nitrogens with one attached hydrogen (secondary N) is 1. The van der Waals surface area contributed by atoms with Gasteiger partial charge in [0.1, 0.15) is 5.69 Å². The minimum Gasteiger partial charge on any atom is -0.490 e. The first-order valence-electron chi connectivity index (χ1n) is 8.38. The van der Waals surface area contributed by atoms with Crippen LogP contribution in [-0.2, 0) is 6.54 Å². The van der Waals surface area contributed by atoms with E-state index >= 15 is 0 Å². The molecular formula is C19H20N2O5. The zero-order valence-electron chi connectivity index (χ0n) is 14.7. The lowest BCUT2D eigenvalue weighted by molar-refractivity contribution is 0.0949. The zero-order valence-corrected chi connectivity index (χ0v) is 14.7. The molecule has 2 heterocycles. The fourth-order valence-corrected chi connectivity index (χ4v) is 2.40. The Kier molecular flexibility index (Phi) is 5.58. The molecule has 26 heavy (non-hydrogen) atoms. The van der Waals surface area contributed by atoms with E-state index in [1.54, 1.807) is 42.7 Å². The van der Waals surface area contributed by atoms with Gasteiger partial charge in [0.15, 0.2) is 17.3 Å². The molecule has 2 aromatic heterocycles. The number of carbonyl (C=O) groups excluding carboxylic acids is 1. The maximum atomic E-state index is 12.4. The van der Waals surface area contributed by atoms with E-state index in [0.717, 1.165) is 0 Å². The first-order valence-corrected chi connectivity index (χ1v) is 8.38. The van der Waals surface area contributed by atoms with Crippen LogP contribution in [0, 0.1) is 0 Å². The number of hydrogen-bond acceptors (Lipinski definition) is 6. The van der Waals surface area contributed by atoms with Gasteiger partial charge in [-0.3, -0.25) is 4.79 Å². The number of benzene rings is 1. The number of amides is 1. The summed E-state index contributed by atoms with van der Waals surface area (Å²) in [7, 11) is 0. The van der Waals surface area contributed by atoms with Gasteiger partial charge in [0.2, 0.25) is 5.76 Å². The molecule has 136 valence electrons. The molecule has 1 aromatic carbocycles. The van der Waals surface area contributed by atoms with Gasteiger partial charge in [-0.25, -0.2) is 0 Å². The second-order valence-corrected chi connectivity index (χ2v) is 5.37. The Labute approximate surface area is 150 Å². The molecule has 3 rings (SSSR count). The van der Waals surface area contributed by atoms with Crippen LogP contribution >= 0.6 is 0 Å². The van der Waals surface area contributed by atoms with Crippen LogP contribution in [-0.4, -0.2) is 24.3 Å². The molecule has 0 aliphatic carbocycles. The molecule has 7 heteroatoms. The van der Waals surface area contributed by atoms with Crippen LogP contribution < -0.4 is 14.8 Å². The van der Waals surface area contributed by atoms with E-state index in [4.69, 9.17) is 18.4 Å². The Morgan fingerprint density at radius 1 is 1.08 bits per heavy atom. The minimum atomic E-state index is -0.239. The van der Waals surface area contributed by atoms with Crippen LogP contribution in [0.25, 0.3) is 11.5 Å². The second-order valence-electron chi connectivity index (χ2n) is 5.37. The lowest BCUT2D eigenvalue weighted by Crippen LogP contribution is -2.23. The van der Waals surface area contributed by atoms with Crippen LogP contribution in [0.2, 0.25) is 0 Å². The van der Waals surface area contributed by atoms with Gasteiger partial charge in [-0.1, -0.05) is 5.16 Å². The molecule has 0 fully saturated rings.